The van der Waals surface area contributed by atoms with Gasteiger partial charge in [-0.15, -0.1) is 0 Å². The Hall–Kier alpha value is -2.04. The monoisotopic (exact) mass is 411 g/mol. The second-order valence-corrected chi connectivity index (χ2v) is 9.27. The zero-order valence-corrected chi connectivity index (χ0v) is 17.0. The first kappa shape index (κ1) is 19.7. The first-order valence-electron chi connectivity index (χ1n) is 8.54. The fraction of sp³-hybridized carbons (Fsp3) is 0.471. The van der Waals surface area contributed by atoms with Gasteiger partial charge in [0.25, 0.3) is 5.91 Å². The van der Waals surface area contributed by atoms with Crippen molar-refractivity contribution in [3.8, 4) is 0 Å². The molecule has 146 valence electrons. The molecule has 0 N–H and O–H groups in total. The molecule has 1 fully saturated rings. The largest absolute Gasteiger partial charge is 0.462 e. The molecule has 1 aromatic heterocycles. The molecule has 1 saturated heterocycles. The van der Waals surface area contributed by atoms with Gasteiger partial charge in [-0.05, 0) is 38.0 Å². The lowest BCUT2D eigenvalue weighted by molar-refractivity contribution is -0.121. The number of carbonyl (C=O) groups is 2. The lowest BCUT2D eigenvalue weighted by atomic mass is 10.2. The maximum atomic E-state index is 12.6. The third kappa shape index (κ3) is 3.97. The van der Waals surface area contributed by atoms with Crippen LogP contribution in [0.15, 0.2) is 23.2 Å². The van der Waals surface area contributed by atoms with Crippen LogP contribution in [0.4, 0.5) is 0 Å². The van der Waals surface area contributed by atoms with E-state index in [0.29, 0.717) is 36.4 Å². The predicted molar refractivity (Wildman–Crippen MR) is 102 cm³/mol. The van der Waals surface area contributed by atoms with Crippen LogP contribution in [0.5, 0.6) is 0 Å². The minimum Gasteiger partial charge on any atom is -0.462 e. The lowest BCUT2D eigenvalue weighted by Crippen LogP contribution is -2.39. The number of benzene rings is 1. The first-order chi connectivity index (χ1) is 12.7. The van der Waals surface area contributed by atoms with Crippen LogP contribution in [-0.2, 0) is 26.6 Å². The Morgan fingerprint density at radius 3 is 2.78 bits per heavy atom. The maximum Gasteiger partial charge on any atom is 0.338 e. The minimum atomic E-state index is -3.45. The Morgan fingerprint density at radius 2 is 2.11 bits per heavy atom. The van der Waals surface area contributed by atoms with Crippen molar-refractivity contribution in [2.45, 2.75) is 25.8 Å². The topological polar surface area (TPSA) is 98.0 Å². The number of fused-ring (bicyclic) bond motifs is 1. The van der Waals surface area contributed by atoms with Crippen LogP contribution in [0.25, 0.3) is 10.2 Å². The molecule has 0 radical (unpaired) electrons. The van der Waals surface area contributed by atoms with E-state index in [9.17, 15) is 18.0 Å². The molecule has 1 aliphatic rings. The van der Waals surface area contributed by atoms with Gasteiger partial charge >= 0.3 is 5.97 Å². The molecule has 1 atom stereocenters. The summed E-state index contributed by atoms with van der Waals surface area (Å²) in [6.45, 7) is 2.38. The van der Waals surface area contributed by atoms with Crippen LogP contribution in [0.2, 0.25) is 0 Å². The Labute approximate surface area is 161 Å². The molecule has 1 unspecified atom stereocenters. The van der Waals surface area contributed by atoms with Gasteiger partial charge in [0, 0.05) is 13.6 Å². The fourth-order valence-corrected chi connectivity index (χ4v) is 5.32. The number of thiazole rings is 1. The average Bonchev–Trinajstić information content (AvgIpc) is 3.20. The number of rotatable bonds is 4. The van der Waals surface area contributed by atoms with Crippen LogP contribution in [0.3, 0.4) is 0 Å². The molecule has 0 bridgehead atoms. The summed E-state index contributed by atoms with van der Waals surface area (Å²) in [7, 11) is -1.67. The number of esters is 1. The molecule has 2 heterocycles. The normalized spacial score (nSPS) is 18.9. The molecule has 10 heteroatoms. The molecule has 0 spiro atoms. The van der Waals surface area contributed by atoms with Gasteiger partial charge in [-0.1, -0.05) is 11.3 Å². The summed E-state index contributed by atoms with van der Waals surface area (Å²) in [5.41, 5.74) is 1.26. The number of amides is 1. The van der Waals surface area contributed by atoms with E-state index in [2.05, 4.69) is 4.99 Å². The van der Waals surface area contributed by atoms with Crippen molar-refractivity contribution >= 4 is 43.5 Å². The van der Waals surface area contributed by atoms with E-state index in [-0.39, 0.29) is 0 Å². The van der Waals surface area contributed by atoms with Gasteiger partial charge in [0.2, 0.25) is 10.0 Å². The molecular weight excluding hydrogens is 390 g/mol. The molecule has 8 nitrogen and oxygen atoms in total. The smallest absolute Gasteiger partial charge is 0.338 e. The SMILES string of the molecule is CCOC(=O)c1ccc2c(c1)sc(=NC(=O)C1CCCN1S(C)(=O)=O)n2C. The lowest BCUT2D eigenvalue weighted by Gasteiger charge is -2.18. The van der Waals surface area contributed by atoms with E-state index in [1.807, 2.05) is 0 Å². The van der Waals surface area contributed by atoms with Gasteiger partial charge in [-0.2, -0.15) is 9.30 Å². The Kier molecular flexibility index (Phi) is 5.50. The molecule has 1 aromatic carbocycles. The number of aryl methyl sites for hydroxylation is 1. The molecule has 27 heavy (non-hydrogen) atoms. The van der Waals surface area contributed by atoms with Crippen molar-refractivity contribution in [2.75, 3.05) is 19.4 Å². The molecule has 2 aromatic rings. The number of ether oxygens (including phenoxy) is 1. The van der Waals surface area contributed by atoms with E-state index < -0.39 is 27.9 Å². The Morgan fingerprint density at radius 1 is 1.37 bits per heavy atom. The average molecular weight is 412 g/mol. The van der Waals surface area contributed by atoms with Gasteiger partial charge in [0.15, 0.2) is 4.80 Å². The molecule has 1 aliphatic heterocycles. The van der Waals surface area contributed by atoms with Gasteiger partial charge in [-0.25, -0.2) is 13.2 Å². The van der Waals surface area contributed by atoms with Gasteiger partial charge in [0.05, 0.1) is 28.6 Å². The third-order valence-electron chi connectivity index (χ3n) is 4.44. The fourth-order valence-electron chi connectivity index (χ4n) is 3.13. The molecular formula is C17H21N3O5S2. The zero-order valence-electron chi connectivity index (χ0n) is 15.3. The zero-order chi connectivity index (χ0) is 19.8. The summed E-state index contributed by atoms with van der Waals surface area (Å²) in [6.07, 6.45) is 2.21. The summed E-state index contributed by atoms with van der Waals surface area (Å²) >= 11 is 1.27. The van der Waals surface area contributed by atoms with Gasteiger partial charge in [-0.3, -0.25) is 4.79 Å². The summed E-state index contributed by atoms with van der Waals surface area (Å²) in [4.78, 5) is 29.1. The van der Waals surface area contributed by atoms with Crippen LogP contribution < -0.4 is 4.80 Å². The number of carbonyl (C=O) groups excluding carboxylic acids is 2. The van der Waals surface area contributed by atoms with Crippen LogP contribution >= 0.6 is 11.3 Å². The maximum absolute atomic E-state index is 12.6. The summed E-state index contributed by atoms with van der Waals surface area (Å²) in [6, 6.07) is 4.40. The van der Waals surface area contributed by atoms with E-state index in [0.717, 1.165) is 16.5 Å². The predicted octanol–water partition coefficient (Wildman–Crippen LogP) is 1.27. The summed E-state index contributed by atoms with van der Waals surface area (Å²) in [5, 5.41) is 0. The highest BCUT2D eigenvalue weighted by atomic mass is 32.2. The number of sulfonamides is 1. The number of hydrogen-bond donors (Lipinski definition) is 0. The summed E-state index contributed by atoms with van der Waals surface area (Å²) in [5.74, 6) is -0.870. The number of aromatic nitrogens is 1. The van der Waals surface area contributed by atoms with Gasteiger partial charge < -0.3 is 9.30 Å². The second-order valence-electron chi connectivity index (χ2n) is 6.33. The van der Waals surface area contributed by atoms with Crippen molar-refractivity contribution < 1.29 is 22.7 Å². The van der Waals surface area contributed by atoms with Crippen molar-refractivity contribution in [3.05, 3.63) is 28.6 Å². The van der Waals surface area contributed by atoms with Crippen LogP contribution in [0.1, 0.15) is 30.1 Å². The van der Waals surface area contributed by atoms with Crippen molar-refractivity contribution in [2.24, 2.45) is 12.0 Å². The second kappa shape index (κ2) is 7.53. The molecule has 1 amide bonds. The van der Waals surface area contributed by atoms with Crippen molar-refractivity contribution in [3.63, 3.8) is 0 Å². The van der Waals surface area contributed by atoms with E-state index in [1.54, 1.807) is 36.7 Å². The van der Waals surface area contributed by atoms with Crippen LogP contribution in [-0.4, -0.2) is 54.6 Å². The van der Waals surface area contributed by atoms with E-state index in [1.165, 1.54) is 15.6 Å². The quantitative estimate of drug-likeness (QED) is 0.706. The highest BCUT2D eigenvalue weighted by Gasteiger charge is 2.36. The molecule has 0 aliphatic carbocycles. The molecule has 3 rings (SSSR count). The highest BCUT2D eigenvalue weighted by Crippen LogP contribution is 2.22. The third-order valence-corrected chi connectivity index (χ3v) is 6.82. The van der Waals surface area contributed by atoms with E-state index in [4.69, 9.17) is 4.74 Å². The minimum absolute atomic E-state index is 0.294. The van der Waals surface area contributed by atoms with Gasteiger partial charge in [0.1, 0.15) is 6.04 Å². The van der Waals surface area contributed by atoms with Crippen molar-refractivity contribution in [1.82, 2.24) is 8.87 Å². The highest BCUT2D eigenvalue weighted by molar-refractivity contribution is 7.88. The number of nitrogens with zero attached hydrogens (tertiary/aromatic N) is 3. The summed E-state index contributed by atoms with van der Waals surface area (Å²) < 4.78 is 32.5. The van der Waals surface area contributed by atoms with Crippen LogP contribution in [0, 0.1) is 0 Å². The standard InChI is InChI=1S/C17H21N3O5S2/c1-4-25-16(22)11-7-8-12-14(10-11)26-17(19(12)2)18-15(21)13-6-5-9-20(13)27(3,23)24/h7-8,10,13H,4-6,9H2,1-3H3. The van der Waals surface area contributed by atoms with E-state index >= 15 is 0 Å². The number of hydrogen-bond acceptors (Lipinski definition) is 6. The first-order valence-corrected chi connectivity index (χ1v) is 11.2. The van der Waals surface area contributed by atoms with Crippen molar-refractivity contribution in [1.29, 1.82) is 0 Å². The molecule has 0 saturated carbocycles. The Bertz CT molecular complexity index is 1070. The Balaban J connectivity index is 1.97.